The molecule has 1 aliphatic rings. The lowest BCUT2D eigenvalue weighted by atomic mass is 9.99. The first-order chi connectivity index (χ1) is 23.4. The van der Waals surface area contributed by atoms with Crippen LogP contribution in [0.3, 0.4) is 0 Å². The van der Waals surface area contributed by atoms with Crippen molar-refractivity contribution in [1.82, 2.24) is 8.75 Å². The van der Waals surface area contributed by atoms with E-state index >= 15 is 8.78 Å². The van der Waals surface area contributed by atoms with Crippen molar-refractivity contribution in [2.24, 2.45) is 8.73 Å². The van der Waals surface area contributed by atoms with Gasteiger partial charge in [-0.15, -0.1) is 22.7 Å². The Hall–Kier alpha value is -3.44. The summed E-state index contributed by atoms with van der Waals surface area (Å²) in [4.78, 5) is 4.27. The molecule has 0 saturated heterocycles. The number of benzene rings is 3. The van der Waals surface area contributed by atoms with Gasteiger partial charge in [0.1, 0.15) is 22.4 Å². The highest BCUT2D eigenvalue weighted by atomic mass is 32.1. The third-order valence-corrected chi connectivity index (χ3v) is 12.3. The van der Waals surface area contributed by atoms with Gasteiger partial charge in [0.15, 0.2) is 0 Å². The van der Waals surface area contributed by atoms with E-state index in [1.807, 2.05) is 18.2 Å². The number of aromatic nitrogens is 2. The number of fused-ring (bicyclic) bond motifs is 2. The van der Waals surface area contributed by atoms with E-state index in [0.717, 1.165) is 73.0 Å². The van der Waals surface area contributed by atoms with Gasteiger partial charge in [0.2, 0.25) is 0 Å². The Morgan fingerprint density at radius 3 is 1.60 bits per heavy atom. The first-order valence-electron chi connectivity index (χ1n) is 16.6. The van der Waals surface area contributed by atoms with E-state index in [1.165, 1.54) is 64.8 Å². The number of hydrogen-bond acceptors (Lipinski definition) is 7. The molecule has 1 aliphatic heterocycles. The van der Waals surface area contributed by atoms with Gasteiger partial charge in [0, 0.05) is 42.6 Å². The van der Waals surface area contributed by atoms with Crippen LogP contribution in [-0.4, -0.2) is 8.75 Å². The van der Waals surface area contributed by atoms with Gasteiger partial charge in [-0.1, -0.05) is 106 Å². The standard InChI is InChI=1S/C38H36F2N4S4/c1-3-4-5-6-7-8-9-10-23-38(39,40)27-17-15-26(16-18-27)29-20-22-31(46-29)33-36-34(41-47-43-36)32(35-37(33)44-48-42-35)30-21-19-28(45-30)25-13-11-24(2)12-14-25/h11-22H,3-10,23H2,1-2H3. The number of aryl methyl sites for hydroxylation is 1. The quantitative estimate of drug-likeness (QED) is 0.105. The molecular weight excluding hydrogens is 679 g/mol. The van der Waals surface area contributed by atoms with E-state index in [2.05, 4.69) is 56.3 Å². The van der Waals surface area contributed by atoms with Crippen LogP contribution in [0.5, 0.6) is 0 Å². The molecule has 0 saturated carbocycles. The Morgan fingerprint density at radius 2 is 1.06 bits per heavy atom. The Bertz CT molecular complexity index is 2100. The zero-order valence-corrected chi connectivity index (χ0v) is 30.2. The summed E-state index contributed by atoms with van der Waals surface area (Å²) < 4.78 is 49.1. The van der Waals surface area contributed by atoms with Crippen molar-refractivity contribution in [3.05, 3.63) is 83.9 Å². The maximum absolute atomic E-state index is 15.1. The SMILES string of the molecule is CCCCCCCCCCC(F)(F)c1ccc(-c2ccc(-c3c4c(c(-c5ccc(-c6ccc(C)cc6)s5)c5nsnc35)N=S=N4)s2)cc1. The molecule has 0 amide bonds. The van der Waals surface area contributed by atoms with E-state index in [4.69, 9.17) is 17.5 Å². The summed E-state index contributed by atoms with van der Waals surface area (Å²) in [6, 6.07) is 23.8. The molecule has 0 N–H and O–H groups in total. The minimum atomic E-state index is -2.82. The molecule has 7 rings (SSSR count). The summed E-state index contributed by atoms with van der Waals surface area (Å²) in [5, 5.41) is 0. The highest BCUT2D eigenvalue weighted by molar-refractivity contribution is 7.58. The van der Waals surface area contributed by atoms with Gasteiger partial charge in [0.05, 0.1) is 23.1 Å². The molecule has 0 radical (unpaired) electrons. The van der Waals surface area contributed by atoms with Crippen molar-refractivity contribution in [3.8, 4) is 41.8 Å². The van der Waals surface area contributed by atoms with Crippen LogP contribution >= 0.6 is 34.4 Å². The Morgan fingerprint density at radius 1 is 0.583 bits per heavy atom. The molecule has 6 aromatic rings. The predicted octanol–water partition coefficient (Wildman–Crippen LogP) is 14.1. The molecule has 4 nitrogen and oxygen atoms in total. The number of halogens is 2. The van der Waals surface area contributed by atoms with Crippen molar-refractivity contribution >= 4 is 68.2 Å². The first-order valence-corrected chi connectivity index (χ1v) is 19.7. The molecule has 0 atom stereocenters. The van der Waals surface area contributed by atoms with Gasteiger partial charge < -0.3 is 0 Å². The monoisotopic (exact) mass is 714 g/mol. The van der Waals surface area contributed by atoms with Crippen LogP contribution in [0, 0.1) is 6.92 Å². The zero-order chi connectivity index (χ0) is 33.1. The molecule has 0 fully saturated rings. The van der Waals surface area contributed by atoms with Gasteiger partial charge >= 0.3 is 0 Å². The minimum absolute atomic E-state index is 0.0891. The van der Waals surface area contributed by atoms with Crippen LogP contribution in [-0.2, 0) is 17.3 Å². The lowest BCUT2D eigenvalue weighted by molar-refractivity contribution is -0.0158. The molecular formula is C38H36F2N4S4. The van der Waals surface area contributed by atoms with E-state index in [1.54, 1.807) is 34.8 Å². The summed E-state index contributed by atoms with van der Waals surface area (Å²) in [5.41, 5.74) is 8.58. The molecule has 10 heteroatoms. The maximum atomic E-state index is 15.1. The molecule has 3 aromatic carbocycles. The Balaban J connectivity index is 1.11. The first kappa shape index (κ1) is 33.1. The number of alkyl halides is 2. The summed E-state index contributed by atoms with van der Waals surface area (Å²) in [5.74, 6) is -2.82. The molecule has 246 valence electrons. The van der Waals surface area contributed by atoms with Crippen LogP contribution in [0.25, 0.3) is 52.8 Å². The maximum Gasteiger partial charge on any atom is 0.273 e. The second kappa shape index (κ2) is 14.6. The summed E-state index contributed by atoms with van der Waals surface area (Å²) in [6.45, 7) is 4.30. The van der Waals surface area contributed by atoms with E-state index < -0.39 is 5.92 Å². The van der Waals surface area contributed by atoms with E-state index in [-0.39, 0.29) is 12.0 Å². The second-order valence-electron chi connectivity index (χ2n) is 12.4. The topological polar surface area (TPSA) is 50.5 Å². The third kappa shape index (κ3) is 6.85. The molecule has 0 spiro atoms. The smallest absolute Gasteiger partial charge is 0.201 e. The van der Waals surface area contributed by atoms with Crippen LogP contribution in [0.2, 0.25) is 0 Å². The largest absolute Gasteiger partial charge is 0.273 e. The van der Waals surface area contributed by atoms with E-state index in [0.29, 0.717) is 6.42 Å². The van der Waals surface area contributed by atoms with Crippen molar-refractivity contribution in [2.45, 2.75) is 77.6 Å². The number of unbranched alkanes of at least 4 members (excludes halogenated alkanes) is 7. The second-order valence-corrected chi connectivity index (χ2v) is 15.6. The number of rotatable bonds is 14. The van der Waals surface area contributed by atoms with Gasteiger partial charge in [-0.2, -0.15) is 17.5 Å². The van der Waals surface area contributed by atoms with Gasteiger partial charge in [0.25, 0.3) is 5.92 Å². The lowest BCUT2D eigenvalue weighted by Crippen LogP contribution is -2.13. The Labute approximate surface area is 296 Å². The van der Waals surface area contributed by atoms with E-state index in [9.17, 15) is 0 Å². The summed E-state index contributed by atoms with van der Waals surface area (Å²) in [6.07, 6.45) is 8.45. The summed E-state index contributed by atoms with van der Waals surface area (Å²) in [7, 11) is 0. The normalized spacial score (nSPS) is 12.6. The highest BCUT2D eigenvalue weighted by Crippen LogP contribution is 2.54. The zero-order valence-electron chi connectivity index (χ0n) is 27.0. The van der Waals surface area contributed by atoms with Gasteiger partial charge in [-0.3, -0.25) is 0 Å². The number of thiophene rings is 2. The highest BCUT2D eigenvalue weighted by Gasteiger charge is 2.31. The fourth-order valence-electron chi connectivity index (χ4n) is 6.20. The number of hydrogen-bond donors (Lipinski definition) is 0. The average Bonchev–Trinajstić information content (AvgIpc) is 3.93. The van der Waals surface area contributed by atoms with Crippen LogP contribution in [0.15, 0.2) is 81.5 Å². The molecule has 0 unspecified atom stereocenters. The molecule has 48 heavy (non-hydrogen) atoms. The fraction of sp³-hybridized carbons (Fsp3) is 0.316. The summed E-state index contributed by atoms with van der Waals surface area (Å²) >= 11 is 5.72. The molecule has 3 aromatic heterocycles. The molecule has 0 aliphatic carbocycles. The molecule has 0 bridgehead atoms. The minimum Gasteiger partial charge on any atom is -0.201 e. The van der Waals surface area contributed by atoms with Crippen LogP contribution in [0.4, 0.5) is 20.2 Å². The Kier molecular flexibility index (Phi) is 10.0. The van der Waals surface area contributed by atoms with Crippen molar-refractivity contribution in [1.29, 1.82) is 0 Å². The fourth-order valence-corrected chi connectivity index (χ4v) is 9.44. The van der Waals surface area contributed by atoms with Crippen molar-refractivity contribution in [2.75, 3.05) is 0 Å². The van der Waals surface area contributed by atoms with Crippen LogP contribution in [0.1, 0.15) is 75.8 Å². The van der Waals surface area contributed by atoms with Crippen molar-refractivity contribution in [3.63, 3.8) is 0 Å². The lowest BCUT2D eigenvalue weighted by Gasteiger charge is -2.17. The van der Waals surface area contributed by atoms with Gasteiger partial charge in [-0.05, 0) is 48.7 Å². The third-order valence-electron chi connectivity index (χ3n) is 8.90. The predicted molar refractivity (Wildman–Crippen MR) is 202 cm³/mol. The number of nitrogens with zero attached hydrogens (tertiary/aromatic N) is 4. The molecule has 4 heterocycles. The average molecular weight is 715 g/mol. The van der Waals surface area contributed by atoms with Crippen LogP contribution < -0.4 is 0 Å². The van der Waals surface area contributed by atoms with Gasteiger partial charge in [-0.25, -0.2) is 8.78 Å². The van der Waals surface area contributed by atoms with Crippen molar-refractivity contribution < 1.29 is 8.78 Å².